The second-order valence-corrected chi connectivity index (χ2v) is 9.71. The second kappa shape index (κ2) is 8.20. The number of fused-ring (bicyclic) bond motifs is 2. The van der Waals surface area contributed by atoms with Crippen LogP contribution in [-0.4, -0.2) is 34.7 Å². The number of hydrogen-bond acceptors (Lipinski definition) is 4. The minimum Gasteiger partial charge on any atom is -0.487 e. The number of carbonyl (C=O) groups excluding carboxylic acids is 2. The van der Waals surface area contributed by atoms with Crippen molar-refractivity contribution in [2.75, 3.05) is 6.54 Å². The summed E-state index contributed by atoms with van der Waals surface area (Å²) in [4.78, 5) is 34.2. The van der Waals surface area contributed by atoms with E-state index in [-0.39, 0.29) is 24.0 Å². The van der Waals surface area contributed by atoms with E-state index >= 15 is 0 Å². The molecule has 3 aromatic rings. The van der Waals surface area contributed by atoms with Gasteiger partial charge in [-0.1, -0.05) is 23.8 Å². The topological polar surface area (TPSA) is 80.7 Å². The smallest absolute Gasteiger partial charge is 0.254 e. The van der Waals surface area contributed by atoms with E-state index in [1.165, 1.54) is 0 Å². The first-order valence-electron chi connectivity index (χ1n) is 11.5. The third-order valence-corrected chi connectivity index (χ3v) is 6.36. The lowest BCUT2D eigenvalue weighted by Gasteiger charge is -2.19. The molecule has 0 saturated heterocycles. The molecule has 3 heterocycles. The number of dihydropyridines is 1. The minimum atomic E-state index is -0.437. The van der Waals surface area contributed by atoms with Gasteiger partial charge in [0, 0.05) is 47.0 Å². The zero-order valence-corrected chi connectivity index (χ0v) is 19.8. The standard InChI is InChI=1S/C28H27N3O3/c1-16-9-17(2)31-27(33)23(16)15-30-26(32)19-11-20-13-28(3,4)34-25(20)22(12-19)21-10-18-7-5-6-8-24(18)29-14-21/h5-12,14,23H,13,15H2,1-4H3,(H,30,32). The summed E-state index contributed by atoms with van der Waals surface area (Å²) in [5, 5.41) is 3.96. The molecule has 0 radical (unpaired) electrons. The van der Waals surface area contributed by atoms with Crippen LogP contribution in [0.15, 0.2) is 65.3 Å². The molecule has 2 aliphatic rings. The van der Waals surface area contributed by atoms with E-state index in [0.29, 0.717) is 17.7 Å². The molecule has 2 aromatic carbocycles. The maximum absolute atomic E-state index is 13.2. The summed E-state index contributed by atoms with van der Waals surface area (Å²) in [5.74, 6) is -0.0857. The number of allylic oxidation sites excluding steroid dienone is 1. The van der Waals surface area contributed by atoms with Crippen LogP contribution in [0, 0.1) is 5.92 Å². The van der Waals surface area contributed by atoms with Crippen molar-refractivity contribution in [2.24, 2.45) is 10.9 Å². The van der Waals surface area contributed by atoms with Gasteiger partial charge in [-0.15, -0.1) is 0 Å². The fraction of sp³-hybridized carbons (Fsp3) is 0.286. The highest BCUT2D eigenvalue weighted by Crippen LogP contribution is 2.43. The molecule has 172 valence electrons. The van der Waals surface area contributed by atoms with E-state index in [1.807, 2.05) is 69.4 Å². The number of pyridine rings is 1. The molecular formula is C28H27N3O3. The Morgan fingerprint density at radius 3 is 2.76 bits per heavy atom. The van der Waals surface area contributed by atoms with Gasteiger partial charge < -0.3 is 10.1 Å². The van der Waals surface area contributed by atoms with Crippen molar-refractivity contribution >= 4 is 28.4 Å². The highest BCUT2D eigenvalue weighted by Gasteiger charge is 2.33. The minimum absolute atomic E-state index is 0.211. The van der Waals surface area contributed by atoms with Crippen molar-refractivity contribution in [3.05, 3.63) is 71.4 Å². The molecule has 2 amide bonds. The van der Waals surface area contributed by atoms with Crippen molar-refractivity contribution < 1.29 is 14.3 Å². The number of carbonyl (C=O) groups is 2. The first-order valence-corrected chi connectivity index (χ1v) is 11.5. The molecule has 0 fully saturated rings. The summed E-state index contributed by atoms with van der Waals surface area (Å²) in [7, 11) is 0. The summed E-state index contributed by atoms with van der Waals surface area (Å²) in [6.45, 7) is 7.99. The van der Waals surface area contributed by atoms with Crippen LogP contribution in [0.2, 0.25) is 0 Å². The normalized spacial score (nSPS) is 18.7. The molecule has 2 aliphatic heterocycles. The van der Waals surface area contributed by atoms with Gasteiger partial charge in [0.05, 0.1) is 11.4 Å². The number of benzene rings is 2. The van der Waals surface area contributed by atoms with Crippen molar-refractivity contribution in [1.29, 1.82) is 0 Å². The van der Waals surface area contributed by atoms with Gasteiger partial charge in [-0.2, -0.15) is 0 Å². The molecule has 1 unspecified atom stereocenters. The van der Waals surface area contributed by atoms with Gasteiger partial charge >= 0.3 is 0 Å². The number of nitrogens with zero attached hydrogens (tertiary/aromatic N) is 2. The molecule has 0 saturated carbocycles. The van der Waals surface area contributed by atoms with Crippen LogP contribution in [0.5, 0.6) is 5.75 Å². The number of ether oxygens (including phenoxy) is 1. The first-order chi connectivity index (χ1) is 16.2. The molecule has 0 bridgehead atoms. The number of aliphatic imine (C=N–C) groups is 1. The fourth-order valence-electron chi connectivity index (χ4n) is 4.73. The second-order valence-electron chi connectivity index (χ2n) is 9.71. The summed E-state index contributed by atoms with van der Waals surface area (Å²) >= 11 is 0. The molecule has 1 N–H and O–H groups in total. The first kappa shape index (κ1) is 22.0. The number of para-hydroxylation sites is 1. The lowest BCUT2D eigenvalue weighted by Crippen LogP contribution is -2.34. The Kier molecular flexibility index (Phi) is 5.31. The van der Waals surface area contributed by atoms with Crippen LogP contribution in [0.1, 0.15) is 43.6 Å². The van der Waals surface area contributed by atoms with Gasteiger partial charge in [0.1, 0.15) is 11.4 Å². The summed E-state index contributed by atoms with van der Waals surface area (Å²) in [6, 6.07) is 13.8. The Morgan fingerprint density at radius 1 is 1.18 bits per heavy atom. The van der Waals surface area contributed by atoms with Crippen molar-refractivity contribution in [3.8, 4) is 16.9 Å². The monoisotopic (exact) mass is 453 g/mol. The Hall–Kier alpha value is -3.80. The lowest BCUT2D eigenvalue weighted by atomic mass is 9.94. The molecule has 1 aromatic heterocycles. The number of rotatable bonds is 4. The van der Waals surface area contributed by atoms with Crippen molar-refractivity contribution in [3.63, 3.8) is 0 Å². The third-order valence-electron chi connectivity index (χ3n) is 6.36. The van der Waals surface area contributed by atoms with E-state index in [0.717, 1.165) is 38.9 Å². The van der Waals surface area contributed by atoms with Crippen LogP contribution < -0.4 is 10.1 Å². The van der Waals surface area contributed by atoms with Gasteiger partial charge in [-0.25, -0.2) is 4.99 Å². The molecule has 6 heteroatoms. The number of nitrogens with one attached hydrogen (secondary N) is 1. The highest BCUT2D eigenvalue weighted by molar-refractivity contribution is 6.06. The van der Waals surface area contributed by atoms with E-state index < -0.39 is 5.92 Å². The van der Waals surface area contributed by atoms with Crippen LogP contribution in [-0.2, 0) is 11.2 Å². The zero-order valence-electron chi connectivity index (χ0n) is 19.8. The summed E-state index contributed by atoms with van der Waals surface area (Å²) < 4.78 is 6.29. The maximum atomic E-state index is 13.2. The summed E-state index contributed by atoms with van der Waals surface area (Å²) in [5.41, 5.74) is 5.42. The SMILES string of the molecule is CC1=CC(C)=NC(=O)C1CNC(=O)c1cc2c(c(-c3cnc4ccccc4c3)c1)OC(C)(C)C2. The zero-order chi connectivity index (χ0) is 24.0. The maximum Gasteiger partial charge on any atom is 0.254 e. The van der Waals surface area contributed by atoms with Crippen molar-refractivity contribution in [1.82, 2.24) is 10.3 Å². The largest absolute Gasteiger partial charge is 0.487 e. The predicted molar refractivity (Wildman–Crippen MR) is 133 cm³/mol. The highest BCUT2D eigenvalue weighted by atomic mass is 16.5. The van der Waals surface area contributed by atoms with Crippen LogP contribution in [0.3, 0.4) is 0 Å². The van der Waals surface area contributed by atoms with Gasteiger partial charge in [-0.05, 0) is 63.6 Å². The quantitative estimate of drug-likeness (QED) is 0.609. The molecule has 5 rings (SSSR count). The molecule has 34 heavy (non-hydrogen) atoms. The Balaban J connectivity index is 1.48. The Labute approximate surface area is 198 Å². The number of hydrogen-bond donors (Lipinski definition) is 1. The number of aromatic nitrogens is 1. The molecule has 6 nitrogen and oxygen atoms in total. The summed E-state index contributed by atoms with van der Waals surface area (Å²) in [6.07, 6.45) is 4.41. The average molecular weight is 454 g/mol. The molecule has 0 spiro atoms. The van der Waals surface area contributed by atoms with E-state index in [4.69, 9.17) is 4.74 Å². The van der Waals surface area contributed by atoms with Crippen LogP contribution >= 0.6 is 0 Å². The molecule has 1 atom stereocenters. The lowest BCUT2D eigenvalue weighted by molar-refractivity contribution is -0.120. The average Bonchev–Trinajstić information content (AvgIpc) is 3.11. The van der Waals surface area contributed by atoms with Gasteiger partial charge in [0.15, 0.2) is 0 Å². The number of amides is 2. The van der Waals surface area contributed by atoms with Crippen LogP contribution in [0.4, 0.5) is 0 Å². The van der Waals surface area contributed by atoms with E-state index in [9.17, 15) is 9.59 Å². The third kappa shape index (κ3) is 4.12. The predicted octanol–water partition coefficient (Wildman–Crippen LogP) is 4.91. The van der Waals surface area contributed by atoms with Gasteiger partial charge in [0.2, 0.25) is 0 Å². The molecular weight excluding hydrogens is 426 g/mol. The van der Waals surface area contributed by atoms with E-state index in [1.54, 1.807) is 6.92 Å². The Morgan fingerprint density at radius 2 is 1.97 bits per heavy atom. The Bertz CT molecular complexity index is 1400. The fourth-order valence-corrected chi connectivity index (χ4v) is 4.73. The van der Waals surface area contributed by atoms with E-state index in [2.05, 4.69) is 21.4 Å². The van der Waals surface area contributed by atoms with Gasteiger partial charge in [-0.3, -0.25) is 14.6 Å². The van der Waals surface area contributed by atoms with Crippen LogP contribution in [0.25, 0.3) is 22.0 Å². The van der Waals surface area contributed by atoms with Gasteiger partial charge in [0.25, 0.3) is 11.8 Å². The van der Waals surface area contributed by atoms with Crippen molar-refractivity contribution in [2.45, 2.75) is 39.7 Å². The molecule has 0 aliphatic carbocycles.